The van der Waals surface area contributed by atoms with Crippen LogP contribution in [0.3, 0.4) is 0 Å². The minimum absolute atomic E-state index is 0.214. The Morgan fingerprint density at radius 2 is 2.41 bits per heavy atom. The topological polar surface area (TPSA) is 82.7 Å². The van der Waals surface area contributed by atoms with E-state index in [1.54, 1.807) is 6.20 Å². The Morgan fingerprint density at radius 1 is 1.50 bits per heavy atom. The second kappa shape index (κ2) is 6.93. The molecule has 2 aromatic rings. The highest BCUT2D eigenvalue weighted by Crippen LogP contribution is 2.18. The number of nitrogens with one attached hydrogen (secondary N) is 3. The second-order valence-corrected chi connectivity index (χ2v) is 6.37. The van der Waals surface area contributed by atoms with Crippen molar-refractivity contribution in [2.75, 3.05) is 17.6 Å². The molecule has 0 spiro atoms. The van der Waals surface area contributed by atoms with Crippen LogP contribution in [-0.2, 0) is 18.7 Å². The number of fused-ring (bicyclic) bond motifs is 1. The number of nitrogens with zero attached hydrogens (tertiary/aromatic N) is 2. The molecule has 3 rings (SSSR count). The Morgan fingerprint density at radius 3 is 3.27 bits per heavy atom. The van der Waals surface area contributed by atoms with Gasteiger partial charge in [0.1, 0.15) is 5.82 Å². The third-order valence-corrected chi connectivity index (χ3v) is 4.51. The molecule has 0 bridgehead atoms. The standard InChI is InChI=1S/C15H19N5OS/c1-2-22-9-10-3-6-17-13(7-10)18-15(21)14-11-8-16-5-4-12(11)19-20-14/h3,6-7,16H,2,4-5,8-9H2,1H3,(H,19,20)(H,17,18,21). The molecule has 116 valence electrons. The molecule has 2 aromatic heterocycles. The maximum absolute atomic E-state index is 12.4. The van der Waals surface area contributed by atoms with Gasteiger partial charge < -0.3 is 10.6 Å². The number of pyridine rings is 1. The number of hydrogen-bond acceptors (Lipinski definition) is 5. The number of thioether (sulfide) groups is 1. The molecule has 0 aromatic carbocycles. The molecule has 1 aliphatic rings. The van der Waals surface area contributed by atoms with Crippen molar-refractivity contribution in [2.45, 2.75) is 25.6 Å². The van der Waals surface area contributed by atoms with Gasteiger partial charge in [-0.2, -0.15) is 16.9 Å². The molecule has 22 heavy (non-hydrogen) atoms. The van der Waals surface area contributed by atoms with Gasteiger partial charge in [0, 0.05) is 42.7 Å². The maximum atomic E-state index is 12.4. The van der Waals surface area contributed by atoms with Crippen molar-refractivity contribution in [1.29, 1.82) is 0 Å². The van der Waals surface area contributed by atoms with Crippen LogP contribution in [0.2, 0.25) is 0 Å². The average molecular weight is 317 g/mol. The summed E-state index contributed by atoms with van der Waals surface area (Å²) < 4.78 is 0. The van der Waals surface area contributed by atoms with Crippen molar-refractivity contribution in [3.8, 4) is 0 Å². The number of amides is 1. The van der Waals surface area contributed by atoms with Crippen molar-refractivity contribution in [1.82, 2.24) is 20.5 Å². The van der Waals surface area contributed by atoms with Gasteiger partial charge in [0.15, 0.2) is 5.69 Å². The van der Waals surface area contributed by atoms with Crippen LogP contribution < -0.4 is 10.6 Å². The number of anilines is 1. The molecule has 1 amide bonds. The van der Waals surface area contributed by atoms with Crippen LogP contribution >= 0.6 is 11.8 Å². The summed E-state index contributed by atoms with van der Waals surface area (Å²) in [5, 5.41) is 13.2. The van der Waals surface area contributed by atoms with E-state index >= 15 is 0 Å². The lowest BCUT2D eigenvalue weighted by Gasteiger charge is -2.12. The third-order valence-electron chi connectivity index (χ3n) is 3.56. The smallest absolute Gasteiger partial charge is 0.277 e. The average Bonchev–Trinajstić information content (AvgIpc) is 2.97. The fourth-order valence-corrected chi connectivity index (χ4v) is 3.06. The van der Waals surface area contributed by atoms with Crippen molar-refractivity contribution >= 4 is 23.5 Å². The van der Waals surface area contributed by atoms with Gasteiger partial charge in [-0.1, -0.05) is 6.92 Å². The minimum atomic E-state index is -0.214. The Hall–Kier alpha value is -1.86. The van der Waals surface area contributed by atoms with Crippen LogP contribution in [-0.4, -0.2) is 33.4 Å². The number of hydrogen-bond donors (Lipinski definition) is 3. The van der Waals surface area contributed by atoms with E-state index in [1.165, 1.54) is 0 Å². The zero-order valence-electron chi connectivity index (χ0n) is 12.5. The summed E-state index contributed by atoms with van der Waals surface area (Å²) in [6.07, 6.45) is 2.60. The molecule has 3 heterocycles. The first-order valence-electron chi connectivity index (χ1n) is 7.38. The molecule has 0 atom stereocenters. The van der Waals surface area contributed by atoms with E-state index in [0.29, 0.717) is 18.1 Å². The summed E-state index contributed by atoms with van der Waals surface area (Å²) in [5.74, 6) is 2.34. The lowest BCUT2D eigenvalue weighted by molar-refractivity contribution is 0.102. The first-order valence-corrected chi connectivity index (χ1v) is 8.54. The van der Waals surface area contributed by atoms with Gasteiger partial charge in [-0.15, -0.1) is 0 Å². The lowest BCUT2D eigenvalue weighted by Crippen LogP contribution is -2.25. The molecule has 1 aliphatic heterocycles. The summed E-state index contributed by atoms with van der Waals surface area (Å²) in [5.41, 5.74) is 3.62. The Labute approximate surface area is 133 Å². The fourth-order valence-electron chi connectivity index (χ4n) is 2.44. The molecular formula is C15H19N5OS. The largest absolute Gasteiger partial charge is 0.312 e. The van der Waals surface area contributed by atoms with Crippen molar-refractivity contribution in [3.63, 3.8) is 0 Å². The molecule has 0 saturated heterocycles. The highest BCUT2D eigenvalue weighted by molar-refractivity contribution is 7.98. The van der Waals surface area contributed by atoms with Gasteiger partial charge in [-0.25, -0.2) is 4.98 Å². The van der Waals surface area contributed by atoms with Gasteiger partial charge in [0.2, 0.25) is 0 Å². The van der Waals surface area contributed by atoms with Crippen LogP contribution in [0.5, 0.6) is 0 Å². The highest BCUT2D eigenvalue weighted by atomic mass is 32.2. The van der Waals surface area contributed by atoms with Gasteiger partial charge >= 0.3 is 0 Å². The monoisotopic (exact) mass is 317 g/mol. The molecule has 0 saturated carbocycles. The Kier molecular flexibility index (Phi) is 4.74. The second-order valence-electron chi connectivity index (χ2n) is 5.10. The molecule has 7 heteroatoms. The van der Waals surface area contributed by atoms with Crippen LogP contribution in [0.25, 0.3) is 0 Å². The molecule has 0 radical (unpaired) electrons. The van der Waals surface area contributed by atoms with Crippen LogP contribution in [0, 0.1) is 0 Å². The van der Waals surface area contributed by atoms with E-state index in [-0.39, 0.29) is 5.91 Å². The van der Waals surface area contributed by atoms with Crippen molar-refractivity contribution in [3.05, 3.63) is 40.8 Å². The first kappa shape index (κ1) is 15.1. The molecule has 0 aliphatic carbocycles. The summed E-state index contributed by atoms with van der Waals surface area (Å²) in [6.45, 7) is 3.72. The normalized spacial score (nSPS) is 13.7. The molecule has 6 nitrogen and oxygen atoms in total. The molecule has 0 fully saturated rings. The third kappa shape index (κ3) is 3.31. The van der Waals surface area contributed by atoms with Gasteiger partial charge in [-0.05, 0) is 23.4 Å². The zero-order valence-corrected chi connectivity index (χ0v) is 13.3. The molecule has 0 unspecified atom stereocenters. The number of carbonyl (C=O) groups is 1. The van der Waals surface area contributed by atoms with E-state index in [4.69, 9.17) is 0 Å². The van der Waals surface area contributed by atoms with Crippen LogP contribution in [0.1, 0.15) is 34.2 Å². The highest BCUT2D eigenvalue weighted by Gasteiger charge is 2.21. The Balaban J connectivity index is 1.73. The predicted molar refractivity (Wildman–Crippen MR) is 88.0 cm³/mol. The minimum Gasteiger partial charge on any atom is -0.312 e. The summed E-state index contributed by atoms with van der Waals surface area (Å²) in [7, 11) is 0. The van der Waals surface area contributed by atoms with Crippen LogP contribution in [0.15, 0.2) is 18.3 Å². The van der Waals surface area contributed by atoms with E-state index in [9.17, 15) is 4.79 Å². The van der Waals surface area contributed by atoms with Gasteiger partial charge in [-0.3, -0.25) is 9.89 Å². The summed E-state index contributed by atoms with van der Waals surface area (Å²) in [4.78, 5) is 16.6. The fraction of sp³-hybridized carbons (Fsp3) is 0.400. The number of H-pyrrole nitrogens is 1. The number of carbonyl (C=O) groups excluding carboxylic acids is 1. The van der Waals surface area contributed by atoms with Crippen LogP contribution in [0.4, 0.5) is 5.82 Å². The molecule has 3 N–H and O–H groups in total. The first-order chi connectivity index (χ1) is 10.8. The lowest BCUT2D eigenvalue weighted by atomic mass is 10.1. The quantitative estimate of drug-likeness (QED) is 0.785. The number of aromatic amines is 1. The van der Waals surface area contributed by atoms with Gasteiger partial charge in [0.25, 0.3) is 5.91 Å². The SMILES string of the molecule is CCSCc1ccnc(NC(=O)c2n[nH]c3c2CNCC3)c1. The van der Waals surface area contributed by atoms with Crippen molar-refractivity contribution < 1.29 is 4.79 Å². The van der Waals surface area contributed by atoms with E-state index < -0.39 is 0 Å². The van der Waals surface area contributed by atoms with E-state index in [0.717, 1.165) is 41.3 Å². The summed E-state index contributed by atoms with van der Waals surface area (Å²) in [6, 6.07) is 3.89. The van der Waals surface area contributed by atoms with Gasteiger partial charge in [0.05, 0.1) is 0 Å². The number of rotatable bonds is 5. The van der Waals surface area contributed by atoms with Crippen molar-refractivity contribution in [2.24, 2.45) is 0 Å². The Bertz CT molecular complexity index is 670. The predicted octanol–water partition coefficient (Wildman–Crippen LogP) is 1.96. The zero-order chi connectivity index (χ0) is 15.4. The summed E-state index contributed by atoms with van der Waals surface area (Å²) >= 11 is 1.84. The number of aromatic nitrogens is 3. The van der Waals surface area contributed by atoms with E-state index in [2.05, 4.69) is 32.7 Å². The maximum Gasteiger partial charge on any atom is 0.277 e. The van der Waals surface area contributed by atoms with E-state index in [1.807, 2.05) is 23.9 Å². The molecular weight excluding hydrogens is 298 g/mol.